The summed E-state index contributed by atoms with van der Waals surface area (Å²) in [6.07, 6.45) is 1.70. The summed E-state index contributed by atoms with van der Waals surface area (Å²) in [5, 5.41) is 8.28. The van der Waals surface area contributed by atoms with E-state index in [0.717, 1.165) is 48.0 Å². The molecule has 4 heterocycles. The molecular weight excluding hydrogens is 390 g/mol. The minimum Gasteiger partial charge on any atom is -0.353 e. The van der Waals surface area contributed by atoms with Crippen LogP contribution in [0.25, 0.3) is 20.7 Å². The first kappa shape index (κ1) is 19.0. The van der Waals surface area contributed by atoms with E-state index in [4.69, 9.17) is 4.98 Å². The fourth-order valence-electron chi connectivity index (χ4n) is 3.43. The van der Waals surface area contributed by atoms with Gasteiger partial charge in [0.25, 0.3) is 0 Å². The monoisotopic (exact) mass is 413 g/mol. The molecule has 1 fully saturated rings. The second-order valence-electron chi connectivity index (χ2n) is 6.76. The van der Waals surface area contributed by atoms with Crippen LogP contribution >= 0.6 is 22.7 Å². The number of carbonyl (C=O) groups is 1. The molecule has 8 heteroatoms. The zero-order valence-corrected chi connectivity index (χ0v) is 17.5. The molecule has 1 N–H and O–H groups in total. The molecule has 1 aliphatic heterocycles. The number of hydrogen-bond acceptors (Lipinski definition) is 7. The van der Waals surface area contributed by atoms with Crippen LogP contribution in [0.15, 0.2) is 35.5 Å². The molecule has 28 heavy (non-hydrogen) atoms. The summed E-state index contributed by atoms with van der Waals surface area (Å²) in [6.45, 7) is 9.90. The molecule has 3 aromatic heterocycles. The van der Waals surface area contributed by atoms with Gasteiger partial charge in [-0.15, -0.1) is 29.3 Å². The maximum absolute atomic E-state index is 12.0. The number of fused-ring (bicyclic) bond motifs is 1. The number of piperazine rings is 1. The molecule has 4 rings (SSSR count). The number of nitrogens with one attached hydrogen (secondary N) is 1. The highest BCUT2D eigenvalue weighted by molar-refractivity contribution is 7.18. The van der Waals surface area contributed by atoms with Gasteiger partial charge in [-0.3, -0.25) is 9.69 Å². The number of anilines is 1. The molecule has 1 amide bonds. The van der Waals surface area contributed by atoms with Gasteiger partial charge >= 0.3 is 0 Å². The number of aryl methyl sites for hydroxylation is 1. The SMILES string of the molecule is C=CCNC(=O)CN1CCN(c2nc(C)nc3scc(-c4cccs4)c23)CC1. The summed E-state index contributed by atoms with van der Waals surface area (Å²) in [4.78, 5) is 28.2. The fraction of sp³-hybridized carbons (Fsp3) is 0.350. The molecule has 6 nitrogen and oxygen atoms in total. The Hall–Kier alpha value is -2.29. The molecule has 3 aromatic rings. The lowest BCUT2D eigenvalue weighted by Crippen LogP contribution is -2.49. The summed E-state index contributed by atoms with van der Waals surface area (Å²) in [5.74, 6) is 1.86. The normalized spacial score (nSPS) is 15.1. The van der Waals surface area contributed by atoms with E-state index in [1.807, 2.05) is 6.92 Å². The minimum absolute atomic E-state index is 0.0476. The molecule has 0 saturated carbocycles. The average molecular weight is 414 g/mol. The lowest BCUT2D eigenvalue weighted by molar-refractivity contribution is -0.122. The van der Waals surface area contributed by atoms with E-state index >= 15 is 0 Å². The molecule has 0 aromatic carbocycles. The quantitative estimate of drug-likeness (QED) is 0.629. The minimum atomic E-state index is 0.0476. The van der Waals surface area contributed by atoms with Gasteiger partial charge < -0.3 is 10.2 Å². The largest absolute Gasteiger partial charge is 0.353 e. The summed E-state index contributed by atoms with van der Waals surface area (Å²) >= 11 is 3.42. The van der Waals surface area contributed by atoms with E-state index in [2.05, 4.69) is 49.6 Å². The molecular formula is C20H23N5OS2. The van der Waals surface area contributed by atoms with E-state index in [9.17, 15) is 4.79 Å². The Balaban J connectivity index is 1.54. The van der Waals surface area contributed by atoms with Crippen molar-refractivity contribution in [2.75, 3.05) is 44.2 Å². The van der Waals surface area contributed by atoms with Crippen molar-refractivity contribution in [1.82, 2.24) is 20.2 Å². The predicted octanol–water partition coefficient (Wildman–Crippen LogP) is 3.15. The predicted molar refractivity (Wildman–Crippen MR) is 117 cm³/mol. The highest BCUT2D eigenvalue weighted by Gasteiger charge is 2.24. The van der Waals surface area contributed by atoms with Crippen molar-refractivity contribution in [2.45, 2.75) is 6.92 Å². The van der Waals surface area contributed by atoms with Crippen LogP contribution < -0.4 is 10.2 Å². The Kier molecular flexibility index (Phi) is 5.70. The first-order chi connectivity index (χ1) is 13.7. The standard InChI is InChI=1S/C20H23N5OS2/c1-3-6-21-17(26)12-24-7-9-25(10-8-24)19-18-15(16-5-4-11-27-16)13-28-20(18)23-14(2)22-19/h3-5,11,13H,1,6-10,12H2,2H3,(H,21,26). The van der Waals surface area contributed by atoms with Gasteiger partial charge in [-0.1, -0.05) is 12.1 Å². The first-order valence-corrected chi connectivity index (χ1v) is 11.1. The number of hydrogen-bond donors (Lipinski definition) is 1. The molecule has 0 aliphatic carbocycles. The summed E-state index contributed by atoms with van der Waals surface area (Å²) in [6, 6.07) is 4.23. The van der Waals surface area contributed by atoms with Gasteiger partial charge in [-0.25, -0.2) is 9.97 Å². The number of thiophene rings is 2. The van der Waals surface area contributed by atoms with Gasteiger partial charge in [0.1, 0.15) is 16.5 Å². The third-order valence-corrected chi connectivity index (χ3v) is 6.57. The van der Waals surface area contributed by atoms with Crippen molar-refractivity contribution in [3.8, 4) is 10.4 Å². The van der Waals surface area contributed by atoms with Gasteiger partial charge in [0.15, 0.2) is 0 Å². The zero-order valence-electron chi connectivity index (χ0n) is 15.9. The Morgan fingerprint density at radius 3 is 2.82 bits per heavy atom. The van der Waals surface area contributed by atoms with Crippen LogP contribution in [0.1, 0.15) is 5.82 Å². The molecule has 0 unspecified atom stereocenters. The maximum Gasteiger partial charge on any atom is 0.234 e. The van der Waals surface area contributed by atoms with Crippen LogP contribution in [0.2, 0.25) is 0 Å². The number of amides is 1. The van der Waals surface area contributed by atoms with Gasteiger partial charge in [-0.2, -0.15) is 0 Å². The summed E-state index contributed by atoms with van der Waals surface area (Å²) in [7, 11) is 0. The third kappa shape index (κ3) is 3.94. The first-order valence-electron chi connectivity index (χ1n) is 9.30. The fourth-order valence-corrected chi connectivity index (χ4v) is 5.23. The lowest BCUT2D eigenvalue weighted by Gasteiger charge is -2.35. The molecule has 0 spiro atoms. The van der Waals surface area contributed by atoms with Crippen LogP contribution in [0, 0.1) is 6.92 Å². The van der Waals surface area contributed by atoms with Crippen molar-refractivity contribution in [3.05, 3.63) is 41.4 Å². The topological polar surface area (TPSA) is 61.4 Å². The van der Waals surface area contributed by atoms with Crippen molar-refractivity contribution in [2.24, 2.45) is 0 Å². The molecule has 0 radical (unpaired) electrons. The van der Waals surface area contributed by atoms with Crippen molar-refractivity contribution >= 4 is 44.6 Å². The van der Waals surface area contributed by atoms with Crippen LogP contribution in [0.5, 0.6) is 0 Å². The molecule has 1 aliphatic rings. The van der Waals surface area contributed by atoms with E-state index < -0.39 is 0 Å². The molecule has 1 saturated heterocycles. The third-order valence-electron chi connectivity index (χ3n) is 4.80. The summed E-state index contributed by atoms with van der Waals surface area (Å²) in [5.41, 5.74) is 1.22. The van der Waals surface area contributed by atoms with Crippen LogP contribution in [0.3, 0.4) is 0 Å². The summed E-state index contributed by atoms with van der Waals surface area (Å²) < 4.78 is 0. The number of carbonyl (C=O) groups excluding carboxylic acids is 1. The maximum atomic E-state index is 12.0. The van der Waals surface area contributed by atoms with E-state index in [1.165, 1.54) is 10.4 Å². The second kappa shape index (κ2) is 8.38. The molecule has 0 atom stereocenters. The van der Waals surface area contributed by atoms with Crippen LogP contribution in [0.4, 0.5) is 5.82 Å². The van der Waals surface area contributed by atoms with Crippen LogP contribution in [-0.2, 0) is 4.79 Å². The van der Waals surface area contributed by atoms with E-state index in [-0.39, 0.29) is 5.91 Å². The van der Waals surface area contributed by atoms with Gasteiger partial charge in [0, 0.05) is 48.5 Å². The molecule has 146 valence electrons. The van der Waals surface area contributed by atoms with Gasteiger partial charge in [0.2, 0.25) is 5.91 Å². The molecule has 0 bridgehead atoms. The Morgan fingerprint density at radius 1 is 1.29 bits per heavy atom. The lowest BCUT2D eigenvalue weighted by atomic mass is 10.1. The van der Waals surface area contributed by atoms with Crippen LogP contribution in [-0.4, -0.2) is 60.0 Å². The van der Waals surface area contributed by atoms with E-state index in [0.29, 0.717) is 13.1 Å². The Bertz CT molecular complexity index is 974. The number of rotatable bonds is 6. The van der Waals surface area contributed by atoms with Crippen molar-refractivity contribution < 1.29 is 4.79 Å². The van der Waals surface area contributed by atoms with Gasteiger partial charge in [-0.05, 0) is 18.4 Å². The highest BCUT2D eigenvalue weighted by atomic mass is 32.1. The smallest absolute Gasteiger partial charge is 0.234 e. The number of aromatic nitrogens is 2. The average Bonchev–Trinajstić information content (AvgIpc) is 3.35. The van der Waals surface area contributed by atoms with Crippen molar-refractivity contribution in [3.63, 3.8) is 0 Å². The van der Waals surface area contributed by atoms with E-state index in [1.54, 1.807) is 28.7 Å². The second-order valence-corrected chi connectivity index (χ2v) is 8.56. The van der Waals surface area contributed by atoms with Gasteiger partial charge in [0.05, 0.1) is 11.9 Å². The number of nitrogens with zero attached hydrogens (tertiary/aromatic N) is 4. The Morgan fingerprint density at radius 2 is 2.11 bits per heavy atom. The Labute approximate surface area is 172 Å². The highest BCUT2D eigenvalue weighted by Crippen LogP contribution is 2.40. The van der Waals surface area contributed by atoms with Crippen molar-refractivity contribution in [1.29, 1.82) is 0 Å². The zero-order chi connectivity index (χ0) is 19.5.